The largest absolute Gasteiger partial charge is 0.262 e. The molecule has 0 atom stereocenters. The van der Waals surface area contributed by atoms with Crippen molar-refractivity contribution in [2.24, 2.45) is 0 Å². The number of rotatable bonds is 5. The predicted octanol–water partition coefficient (Wildman–Crippen LogP) is 4.16. The molecule has 2 heterocycles. The fourth-order valence-electron chi connectivity index (χ4n) is 2.56. The van der Waals surface area contributed by atoms with Gasteiger partial charge in [-0.2, -0.15) is 0 Å². The van der Waals surface area contributed by atoms with E-state index in [-0.39, 0.29) is 0 Å². The maximum atomic E-state index is 4.81. The molecular formula is C14H20N4S2. The van der Waals surface area contributed by atoms with Gasteiger partial charge in [-0.1, -0.05) is 37.9 Å². The molecule has 1 N–H and O–H groups in total. The zero-order valence-corrected chi connectivity index (χ0v) is 13.4. The number of aryl methyl sites for hydroxylation is 1. The van der Waals surface area contributed by atoms with E-state index in [4.69, 9.17) is 4.98 Å². The van der Waals surface area contributed by atoms with Gasteiger partial charge in [0.1, 0.15) is 5.82 Å². The summed E-state index contributed by atoms with van der Waals surface area (Å²) in [7, 11) is 0. The fourth-order valence-corrected chi connectivity index (χ4v) is 4.37. The van der Waals surface area contributed by atoms with E-state index in [2.05, 4.69) is 27.5 Å². The van der Waals surface area contributed by atoms with Gasteiger partial charge in [-0.15, -0.1) is 16.4 Å². The van der Waals surface area contributed by atoms with Crippen LogP contribution in [-0.2, 0) is 12.2 Å². The average Bonchev–Trinajstić information content (AvgIpc) is 3.15. The SMILES string of the molecule is CCc1nc(SCc2csc(C3CCCCC3)n2)n[nH]1. The molecule has 1 fully saturated rings. The van der Waals surface area contributed by atoms with Crippen molar-refractivity contribution in [3.8, 4) is 0 Å². The zero-order valence-electron chi connectivity index (χ0n) is 11.8. The van der Waals surface area contributed by atoms with E-state index in [1.807, 2.05) is 11.3 Å². The van der Waals surface area contributed by atoms with Gasteiger partial charge in [0, 0.05) is 23.5 Å². The number of hydrogen-bond donors (Lipinski definition) is 1. The van der Waals surface area contributed by atoms with E-state index >= 15 is 0 Å². The number of hydrogen-bond acceptors (Lipinski definition) is 5. The molecule has 1 aliphatic carbocycles. The number of nitrogens with one attached hydrogen (secondary N) is 1. The van der Waals surface area contributed by atoms with Crippen molar-refractivity contribution in [1.82, 2.24) is 20.2 Å². The van der Waals surface area contributed by atoms with Crippen molar-refractivity contribution in [2.75, 3.05) is 0 Å². The van der Waals surface area contributed by atoms with Gasteiger partial charge in [-0.25, -0.2) is 9.97 Å². The van der Waals surface area contributed by atoms with E-state index in [1.165, 1.54) is 42.8 Å². The summed E-state index contributed by atoms with van der Waals surface area (Å²) in [6, 6.07) is 0. The molecule has 0 bridgehead atoms. The summed E-state index contributed by atoms with van der Waals surface area (Å²) in [5.74, 6) is 2.53. The summed E-state index contributed by atoms with van der Waals surface area (Å²) in [6.45, 7) is 2.08. The fraction of sp³-hybridized carbons (Fsp3) is 0.643. The maximum Gasteiger partial charge on any atom is 0.208 e. The molecule has 0 radical (unpaired) electrons. The van der Waals surface area contributed by atoms with Gasteiger partial charge < -0.3 is 0 Å². The van der Waals surface area contributed by atoms with Crippen LogP contribution in [0.5, 0.6) is 0 Å². The van der Waals surface area contributed by atoms with Crippen LogP contribution in [0.3, 0.4) is 0 Å². The number of thioether (sulfide) groups is 1. The Morgan fingerprint density at radius 1 is 1.30 bits per heavy atom. The van der Waals surface area contributed by atoms with Crippen LogP contribution in [0.15, 0.2) is 10.5 Å². The molecule has 108 valence electrons. The molecule has 0 spiro atoms. The van der Waals surface area contributed by atoms with Crippen molar-refractivity contribution in [3.63, 3.8) is 0 Å². The average molecular weight is 308 g/mol. The molecular weight excluding hydrogens is 288 g/mol. The highest BCUT2D eigenvalue weighted by Gasteiger charge is 2.18. The first-order valence-corrected chi connectivity index (χ1v) is 9.20. The predicted molar refractivity (Wildman–Crippen MR) is 83.3 cm³/mol. The van der Waals surface area contributed by atoms with E-state index < -0.39 is 0 Å². The maximum absolute atomic E-state index is 4.81. The Kier molecular flexibility index (Phi) is 4.73. The standard InChI is InChI=1S/C14H20N4S2/c1-2-12-16-14(18-17-12)20-9-11-8-19-13(15-11)10-6-4-3-5-7-10/h8,10H,2-7,9H2,1H3,(H,16,17,18). The second kappa shape index (κ2) is 6.72. The van der Waals surface area contributed by atoms with Crippen molar-refractivity contribution in [1.29, 1.82) is 0 Å². The number of aromatic amines is 1. The highest BCUT2D eigenvalue weighted by Crippen LogP contribution is 2.34. The topological polar surface area (TPSA) is 54.5 Å². The summed E-state index contributed by atoms with van der Waals surface area (Å²) in [6.07, 6.45) is 7.67. The number of thiazole rings is 1. The molecule has 2 aromatic rings. The molecule has 1 saturated carbocycles. The molecule has 0 saturated heterocycles. The Labute approximate surface area is 127 Å². The van der Waals surface area contributed by atoms with E-state index in [9.17, 15) is 0 Å². The lowest BCUT2D eigenvalue weighted by molar-refractivity contribution is 0.442. The first-order valence-electron chi connectivity index (χ1n) is 7.33. The lowest BCUT2D eigenvalue weighted by Crippen LogP contribution is -2.04. The van der Waals surface area contributed by atoms with Gasteiger partial charge in [0.25, 0.3) is 0 Å². The second-order valence-corrected chi connectivity index (χ2v) is 7.05. The van der Waals surface area contributed by atoms with Gasteiger partial charge in [0.15, 0.2) is 0 Å². The van der Waals surface area contributed by atoms with Crippen LogP contribution < -0.4 is 0 Å². The third kappa shape index (κ3) is 3.41. The van der Waals surface area contributed by atoms with Gasteiger partial charge in [-0.3, -0.25) is 5.10 Å². The van der Waals surface area contributed by atoms with Crippen LogP contribution in [0.2, 0.25) is 0 Å². The van der Waals surface area contributed by atoms with Crippen LogP contribution in [0.4, 0.5) is 0 Å². The van der Waals surface area contributed by atoms with Crippen LogP contribution in [0.25, 0.3) is 0 Å². The number of H-pyrrole nitrogens is 1. The Morgan fingerprint density at radius 3 is 2.90 bits per heavy atom. The lowest BCUT2D eigenvalue weighted by atomic mass is 9.90. The summed E-state index contributed by atoms with van der Waals surface area (Å²) in [5, 5.41) is 11.5. The monoisotopic (exact) mass is 308 g/mol. The highest BCUT2D eigenvalue weighted by molar-refractivity contribution is 7.98. The summed E-state index contributed by atoms with van der Waals surface area (Å²) in [4.78, 5) is 9.22. The molecule has 2 aromatic heterocycles. The summed E-state index contributed by atoms with van der Waals surface area (Å²) in [5.41, 5.74) is 1.17. The number of nitrogens with zero attached hydrogens (tertiary/aromatic N) is 3. The molecule has 0 aromatic carbocycles. The van der Waals surface area contributed by atoms with E-state index in [0.717, 1.165) is 23.2 Å². The Balaban J connectivity index is 1.56. The molecule has 0 unspecified atom stereocenters. The Hall–Kier alpha value is -0.880. The Bertz CT molecular complexity index is 543. The molecule has 6 heteroatoms. The summed E-state index contributed by atoms with van der Waals surface area (Å²) < 4.78 is 0. The van der Waals surface area contributed by atoms with Gasteiger partial charge in [0.05, 0.1) is 10.7 Å². The third-order valence-electron chi connectivity index (χ3n) is 3.72. The molecule has 3 rings (SSSR count). The quantitative estimate of drug-likeness (QED) is 0.843. The Morgan fingerprint density at radius 2 is 2.15 bits per heavy atom. The van der Waals surface area contributed by atoms with E-state index in [1.54, 1.807) is 11.8 Å². The van der Waals surface area contributed by atoms with Crippen molar-refractivity contribution < 1.29 is 0 Å². The van der Waals surface area contributed by atoms with Crippen LogP contribution in [0, 0.1) is 0 Å². The first kappa shape index (κ1) is 14.1. The van der Waals surface area contributed by atoms with Crippen LogP contribution >= 0.6 is 23.1 Å². The highest BCUT2D eigenvalue weighted by atomic mass is 32.2. The minimum atomic E-state index is 0.711. The lowest BCUT2D eigenvalue weighted by Gasteiger charge is -2.18. The summed E-state index contributed by atoms with van der Waals surface area (Å²) >= 11 is 3.49. The van der Waals surface area contributed by atoms with Crippen LogP contribution in [-0.4, -0.2) is 20.2 Å². The van der Waals surface area contributed by atoms with Gasteiger partial charge in [0.2, 0.25) is 5.16 Å². The molecule has 4 nitrogen and oxygen atoms in total. The minimum Gasteiger partial charge on any atom is -0.262 e. The van der Waals surface area contributed by atoms with Crippen molar-refractivity contribution >= 4 is 23.1 Å². The van der Waals surface area contributed by atoms with Crippen molar-refractivity contribution in [2.45, 2.75) is 62.3 Å². The molecule has 0 aliphatic heterocycles. The minimum absolute atomic E-state index is 0.711. The van der Waals surface area contributed by atoms with Crippen molar-refractivity contribution in [3.05, 3.63) is 21.9 Å². The normalized spacial score (nSPS) is 16.6. The van der Waals surface area contributed by atoms with Gasteiger partial charge in [-0.05, 0) is 12.8 Å². The van der Waals surface area contributed by atoms with Crippen LogP contribution in [0.1, 0.15) is 61.5 Å². The molecule has 0 amide bonds. The molecule has 20 heavy (non-hydrogen) atoms. The van der Waals surface area contributed by atoms with Gasteiger partial charge >= 0.3 is 0 Å². The number of aromatic nitrogens is 4. The van der Waals surface area contributed by atoms with E-state index in [0.29, 0.717) is 5.92 Å². The third-order valence-corrected chi connectivity index (χ3v) is 5.66. The second-order valence-electron chi connectivity index (χ2n) is 5.22. The zero-order chi connectivity index (χ0) is 13.8. The first-order chi connectivity index (χ1) is 9.85. The molecule has 1 aliphatic rings. The smallest absolute Gasteiger partial charge is 0.208 e.